The number of ether oxygens (including phenoxy) is 2. The highest BCUT2D eigenvalue weighted by atomic mass is 16.7. The summed E-state index contributed by atoms with van der Waals surface area (Å²) in [6.45, 7) is 4.34. The molecule has 1 aromatic carbocycles. The van der Waals surface area contributed by atoms with E-state index in [0.29, 0.717) is 6.79 Å². The minimum atomic E-state index is -0.0447. The SMILES string of the molecule is CCC(C)NC(=O)C=CC=CCCC=Cc1ccc2c(c1)OCO2. The Morgan fingerprint density at radius 3 is 2.83 bits per heavy atom. The second kappa shape index (κ2) is 9.60. The maximum Gasteiger partial charge on any atom is 0.244 e. The topological polar surface area (TPSA) is 47.6 Å². The molecule has 4 heteroatoms. The van der Waals surface area contributed by atoms with Crippen LogP contribution in [0.25, 0.3) is 6.08 Å². The fraction of sp³-hybridized carbons (Fsp3) is 0.350. The summed E-state index contributed by atoms with van der Waals surface area (Å²) >= 11 is 0. The van der Waals surface area contributed by atoms with Crippen molar-refractivity contribution in [3.8, 4) is 11.5 Å². The van der Waals surface area contributed by atoms with Crippen LogP contribution >= 0.6 is 0 Å². The van der Waals surface area contributed by atoms with Gasteiger partial charge < -0.3 is 14.8 Å². The van der Waals surface area contributed by atoms with E-state index in [1.54, 1.807) is 12.2 Å². The zero-order valence-corrected chi connectivity index (χ0v) is 14.3. The van der Waals surface area contributed by atoms with Gasteiger partial charge >= 0.3 is 0 Å². The number of amides is 1. The van der Waals surface area contributed by atoms with Crippen molar-refractivity contribution in [2.45, 2.75) is 39.2 Å². The van der Waals surface area contributed by atoms with Gasteiger partial charge in [-0.2, -0.15) is 0 Å². The van der Waals surface area contributed by atoms with E-state index in [4.69, 9.17) is 9.47 Å². The number of carbonyl (C=O) groups is 1. The summed E-state index contributed by atoms with van der Waals surface area (Å²) in [6, 6.07) is 6.13. The average Bonchev–Trinajstić information content (AvgIpc) is 3.04. The average molecular weight is 327 g/mol. The first-order valence-corrected chi connectivity index (χ1v) is 8.39. The summed E-state index contributed by atoms with van der Waals surface area (Å²) in [4.78, 5) is 11.5. The lowest BCUT2D eigenvalue weighted by atomic mass is 10.1. The van der Waals surface area contributed by atoms with Gasteiger partial charge in [0.25, 0.3) is 0 Å². The van der Waals surface area contributed by atoms with E-state index in [0.717, 1.165) is 36.3 Å². The molecule has 0 aromatic heterocycles. The number of rotatable bonds is 8. The van der Waals surface area contributed by atoms with Gasteiger partial charge in [-0.25, -0.2) is 0 Å². The Bertz CT molecular complexity index is 632. The lowest BCUT2D eigenvalue weighted by Crippen LogP contribution is -2.30. The highest BCUT2D eigenvalue weighted by Gasteiger charge is 2.11. The number of unbranched alkanes of at least 4 members (excludes halogenated alkanes) is 1. The summed E-state index contributed by atoms with van der Waals surface area (Å²) < 4.78 is 10.6. The van der Waals surface area contributed by atoms with E-state index in [1.807, 2.05) is 38.1 Å². The fourth-order valence-corrected chi connectivity index (χ4v) is 2.14. The number of hydrogen-bond acceptors (Lipinski definition) is 3. The molecule has 0 spiro atoms. The van der Waals surface area contributed by atoms with Crippen molar-refractivity contribution < 1.29 is 14.3 Å². The molecule has 1 atom stereocenters. The first-order valence-electron chi connectivity index (χ1n) is 8.39. The standard InChI is InChI=1S/C20H25NO3/c1-3-16(2)21-20(22)11-9-7-5-4-6-8-10-17-12-13-18-19(14-17)24-15-23-18/h5,7-14,16H,3-4,6,15H2,1-2H3,(H,21,22). The Balaban J connectivity index is 1.66. The van der Waals surface area contributed by atoms with Gasteiger partial charge in [0.2, 0.25) is 12.7 Å². The van der Waals surface area contributed by atoms with E-state index >= 15 is 0 Å². The van der Waals surface area contributed by atoms with Crippen LogP contribution in [0.4, 0.5) is 0 Å². The van der Waals surface area contributed by atoms with Crippen LogP contribution in [0.2, 0.25) is 0 Å². The van der Waals surface area contributed by atoms with Crippen LogP contribution in [0.15, 0.2) is 48.6 Å². The predicted octanol–water partition coefficient (Wildman–Crippen LogP) is 4.24. The molecule has 1 aliphatic heterocycles. The maximum atomic E-state index is 11.5. The molecule has 1 heterocycles. The Morgan fingerprint density at radius 1 is 1.21 bits per heavy atom. The number of nitrogens with one attached hydrogen (secondary N) is 1. The number of carbonyl (C=O) groups excluding carboxylic acids is 1. The first kappa shape index (κ1) is 17.9. The van der Waals surface area contributed by atoms with Crippen LogP contribution in [0.1, 0.15) is 38.7 Å². The minimum absolute atomic E-state index is 0.0447. The highest BCUT2D eigenvalue weighted by Crippen LogP contribution is 2.32. The van der Waals surface area contributed by atoms with Gasteiger partial charge in [-0.15, -0.1) is 0 Å². The first-order chi connectivity index (χ1) is 11.7. The molecule has 0 saturated heterocycles. The monoisotopic (exact) mass is 327 g/mol. The van der Waals surface area contributed by atoms with Crippen LogP contribution in [0.5, 0.6) is 11.5 Å². The van der Waals surface area contributed by atoms with Gasteiger partial charge in [0.05, 0.1) is 0 Å². The van der Waals surface area contributed by atoms with E-state index in [2.05, 4.69) is 23.5 Å². The minimum Gasteiger partial charge on any atom is -0.454 e. The fourth-order valence-electron chi connectivity index (χ4n) is 2.14. The van der Waals surface area contributed by atoms with Crippen LogP contribution in [-0.2, 0) is 4.79 Å². The van der Waals surface area contributed by atoms with Crippen molar-refractivity contribution >= 4 is 12.0 Å². The predicted molar refractivity (Wildman–Crippen MR) is 97.0 cm³/mol. The Morgan fingerprint density at radius 2 is 2.00 bits per heavy atom. The molecule has 1 amide bonds. The Kier molecular flexibility index (Phi) is 7.15. The van der Waals surface area contributed by atoms with Crippen molar-refractivity contribution in [1.29, 1.82) is 0 Å². The van der Waals surface area contributed by atoms with Crippen LogP contribution < -0.4 is 14.8 Å². The van der Waals surface area contributed by atoms with Crippen molar-refractivity contribution in [3.05, 3.63) is 54.1 Å². The summed E-state index contributed by atoms with van der Waals surface area (Å²) in [5, 5.41) is 2.89. The van der Waals surface area contributed by atoms with Gasteiger partial charge in [-0.05, 0) is 43.9 Å². The van der Waals surface area contributed by atoms with Crippen molar-refractivity contribution in [1.82, 2.24) is 5.32 Å². The quantitative estimate of drug-likeness (QED) is 0.441. The Hall–Kier alpha value is -2.49. The summed E-state index contributed by atoms with van der Waals surface area (Å²) in [7, 11) is 0. The molecule has 0 bridgehead atoms. The van der Waals surface area contributed by atoms with E-state index in [-0.39, 0.29) is 11.9 Å². The molecule has 2 rings (SSSR count). The molecule has 128 valence electrons. The molecule has 0 aliphatic carbocycles. The molecule has 1 aliphatic rings. The normalized spacial score (nSPS) is 14.8. The smallest absolute Gasteiger partial charge is 0.244 e. The van der Waals surface area contributed by atoms with Crippen LogP contribution in [0.3, 0.4) is 0 Å². The number of hydrogen-bond donors (Lipinski definition) is 1. The lowest BCUT2D eigenvalue weighted by Gasteiger charge is -2.07. The third-order valence-corrected chi connectivity index (χ3v) is 3.70. The second-order valence-electron chi connectivity index (χ2n) is 5.70. The number of fused-ring (bicyclic) bond motifs is 1. The van der Waals surface area contributed by atoms with Gasteiger partial charge in [0.15, 0.2) is 11.5 Å². The van der Waals surface area contributed by atoms with Crippen LogP contribution in [-0.4, -0.2) is 18.7 Å². The Labute approximate surface area is 143 Å². The van der Waals surface area contributed by atoms with E-state index in [9.17, 15) is 4.79 Å². The number of benzene rings is 1. The van der Waals surface area contributed by atoms with E-state index < -0.39 is 0 Å². The zero-order valence-electron chi connectivity index (χ0n) is 14.3. The molecular weight excluding hydrogens is 302 g/mol. The molecule has 0 fully saturated rings. The largest absolute Gasteiger partial charge is 0.454 e. The molecule has 0 radical (unpaired) electrons. The van der Waals surface area contributed by atoms with E-state index in [1.165, 1.54) is 0 Å². The second-order valence-corrected chi connectivity index (χ2v) is 5.70. The number of allylic oxidation sites excluding steroid dienone is 4. The molecule has 1 N–H and O–H groups in total. The molecule has 4 nitrogen and oxygen atoms in total. The van der Waals surface area contributed by atoms with Crippen LogP contribution in [0, 0.1) is 0 Å². The molecule has 1 unspecified atom stereocenters. The zero-order chi connectivity index (χ0) is 17.2. The summed E-state index contributed by atoms with van der Waals surface area (Å²) in [5.74, 6) is 1.56. The summed E-state index contributed by atoms with van der Waals surface area (Å²) in [5.41, 5.74) is 1.10. The highest BCUT2D eigenvalue weighted by molar-refractivity contribution is 5.87. The van der Waals surface area contributed by atoms with Crippen molar-refractivity contribution in [3.63, 3.8) is 0 Å². The summed E-state index contributed by atoms with van der Waals surface area (Å²) in [6.07, 6.45) is 14.3. The third-order valence-electron chi connectivity index (χ3n) is 3.70. The van der Waals surface area contributed by atoms with Gasteiger partial charge in [0.1, 0.15) is 0 Å². The van der Waals surface area contributed by atoms with Gasteiger partial charge in [-0.3, -0.25) is 4.79 Å². The maximum absolute atomic E-state index is 11.5. The van der Waals surface area contributed by atoms with Crippen molar-refractivity contribution in [2.75, 3.05) is 6.79 Å². The molecule has 24 heavy (non-hydrogen) atoms. The molecule has 1 aromatic rings. The lowest BCUT2D eigenvalue weighted by molar-refractivity contribution is -0.117. The van der Waals surface area contributed by atoms with Gasteiger partial charge in [0, 0.05) is 12.1 Å². The van der Waals surface area contributed by atoms with Crippen molar-refractivity contribution in [2.24, 2.45) is 0 Å². The molecular formula is C20H25NO3. The third kappa shape index (κ3) is 5.95. The van der Waals surface area contributed by atoms with Gasteiger partial charge in [-0.1, -0.05) is 43.4 Å². The molecule has 0 saturated carbocycles.